The minimum atomic E-state index is 0.769. The van der Waals surface area contributed by atoms with Gasteiger partial charge in [0.05, 0.1) is 6.61 Å². The third-order valence-corrected chi connectivity index (χ3v) is 3.34. The maximum absolute atomic E-state index is 5.13. The zero-order valence-corrected chi connectivity index (χ0v) is 8.46. The fourth-order valence-electron chi connectivity index (χ4n) is 2.66. The Morgan fingerprint density at radius 3 is 3.23 bits per heavy atom. The number of rotatable bonds is 3. The van der Waals surface area contributed by atoms with Crippen LogP contribution >= 0.6 is 0 Å². The van der Waals surface area contributed by atoms with Gasteiger partial charge >= 0.3 is 0 Å². The first-order valence-electron chi connectivity index (χ1n) is 5.38. The third-order valence-electron chi connectivity index (χ3n) is 3.34. The van der Waals surface area contributed by atoms with Gasteiger partial charge in [-0.25, -0.2) is 0 Å². The van der Waals surface area contributed by atoms with Crippen LogP contribution in [0.25, 0.3) is 0 Å². The average Bonchev–Trinajstić information content (AvgIpc) is 2.62. The van der Waals surface area contributed by atoms with E-state index in [-0.39, 0.29) is 0 Å². The molecule has 0 bridgehead atoms. The van der Waals surface area contributed by atoms with Gasteiger partial charge in [-0.2, -0.15) is 0 Å². The van der Waals surface area contributed by atoms with E-state index in [1.54, 1.807) is 7.11 Å². The lowest BCUT2D eigenvalue weighted by Crippen LogP contribution is -2.55. The number of hydrogen-bond acceptors (Lipinski definition) is 3. The summed E-state index contributed by atoms with van der Waals surface area (Å²) in [5.41, 5.74) is 0. The molecule has 0 aromatic heterocycles. The maximum atomic E-state index is 5.13. The van der Waals surface area contributed by atoms with Gasteiger partial charge in [-0.15, -0.1) is 0 Å². The monoisotopic (exact) mass is 184 g/mol. The number of piperazine rings is 1. The summed E-state index contributed by atoms with van der Waals surface area (Å²) in [6, 6.07) is 1.56. The molecule has 0 amide bonds. The van der Waals surface area contributed by atoms with Gasteiger partial charge in [0.15, 0.2) is 0 Å². The summed E-state index contributed by atoms with van der Waals surface area (Å²) < 4.78 is 5.13. The van der Waals surface area contributed by atoms with Gasteiger partial charge in [0, 0.05) is 38.8 Å². The van der Waals surface area contributed by atoms with Crippen molar-refractivity contribution in [3.63, 3.8) is 0 Å². The Balaban J connectivity index is 1.86. The quantitative estimate of drug-likeness (QED) is 0.689. The number of nitrogens with one attached hydrogen (secondary N) is 1. The molecule has 0 spiro atoms. The molecule has 3 nitrogen and oxygen atoms in total. The van der Waals surface area contributed by atoms with Gasteiger partial charge in [0.1, 0.15) is 0 Å². The highest BCUT2D eigenvalue weighted by atomic mass is 16.5. The van der Waals surface area contributed by atoms with Gasteiger partial charge < -0.3 is 10.1 Å². The summed E-state index contributed by atoms with van der Waals surface area (Å²) in [6.45, 7) is 4.35. The molecule has 1 aliphatic carbocycles. The van der Waals surface area contributed by atoms with Crippen molar-refractivity contribution in [2.45, 2.75) is 31.3 Å². The van der Waals surface area contributed by atoms with E-state index in [0.717, 1.165) is 31.8 Å². The van der Waals surface area contributed by atoms with Gasteiger partial charge in [0.2, 0.25) is 0 Å². The Morgan fingerprint density at radius 1 is 1.46 bits per heavy atom. The summed E-state index contributed by atoms with van der Waals surface area (Å²) in [5.74, 6) is 0. The van der Waals surface area contributed by atoms with Gasteiger partial charge in [0.25, 0.3) is 0 Å². The van der Waals surface area contributed by atoms with Crippen LogP contribution in [0.15, 0.2) is 0 Å². The first kappa shape index (κ1) is 9.44. The molecule has 2 fully saturated rings. The number of nitrogens with zero attached hydrogens (tertiary/aromatic N) is 1. The second kappa shape index (κ2) is 4.40. The molecular weight excluding hydrogens is 164 g/mol. The molecular formula is C10H20N2O. The summed E-state index contributed by atoms with van der Waals surface area (Å²) in [6.07, 6.45) is 4.14. The average molecular weight is 184 g/mol. The van der Waals surface area contributed by atoms with Crippen molar-refractivity contribution in [3.8, 4) is 0 Å². The van der Waals surface area contributed by atoms with E-state index in [9.17, 15) is 0 Å². The highest BCUT2D eigenvalue weighted by Crippen LogP contribution is 2.25. The predicted molar refractivity (Wildman–Crippen MR) is 52.9 cm³/mol. The number of fused-ring (bicyclic) bond motifs is 1. The largest absolute Gasteiger partial charge is 0.383 e. The lowest BCUT2D eigenvalue weighted by Gasteiger charge is -2.38. The van der Waals surface area contributed by atoms with Crippen LogP contribution in [0.4, 0.5) is 0 Å². The van der Waals surface area contributed by atoms with Crippen molar-refractivity contribution in [3.05, 3.63) is 0 Å². The van der Waals surface area contributed by atoms with Crippen molar-refractivity contribution >= 4 is 0 Å². The molecule has 0 unspecified atom stereocenters. The van der Waals surface area contributed by atoms with Gasteiger partial charge in [-0.05, 0) is 12.8 Å². The molecule has 1 N–H and O–H groups in total. The summed E-state index contributed by atoms with van der Waals surface area (Å²) in [5, 5.41) is 3.60. The van der Waals surface area contributed by atoms with E-state index in [2.05, 4.69) is 10.2 Å². The van der Waals surface area contributed by atoms with Crippen molar-refractivity contribution in [2.24, 2.45) is 0 Å². The molecule has 13 heavy (non-hydrogen) atoms. The van der Waals surface area contributed by atoms with Crippen LogP contribution < -0.4 is 5.32 Å². The number of hydrogen-bond donors (Lipinski definition) is 1. The van der Waals surface area contributed by atoms with E-state index in [4.69, 9.17) is 4.74 Å². The molecule has 1 heterocycles. The van der Waals surface area contributed by atoms with E-state index < -0.39 is 0 Å². The molecule has 0 radical (unpaired) electrons. The van der Waals surface area contributed by atoms with Crippen LogP contribution in [-0.4, -0.2) is 50.3 Å². The van der Waals surface area contributed by atoms with E-state index >= 15 is 0 Å². The van der Waals surface area contributed by atoms with Crippen molar-refractivity contribution in [2.75, 3.05) is 33.4 Å². The van der Waals surface area contributed by atoms with E-state index in [0.29, 0.717) is 0 Å². The van der Waals surface area contributed by atoms with Crippen LogP contribution in [0.3, 0.4) is 0 Å². The molecule has 0 aromatic carbocycles. The standard InChI is InChI=1S/C10H20N2O/c1-13-8-7-12-6-5-11-9-3-2-4-10(9)12/h9-11H,2-8H2,1H3/t9-,10+/m0/s1. The van der Waals surface area contributed by atoms with Crippen LogP contribution in [-0.2, 0) is 4.74 Å². The van der Waals surface area contributed by atoms with Crippen LogP contribution in [0.2, 0.25) is 0 Å². The second-order valence-corrected chi connectivity index (χ2v) is 4.09. The first-order chi connectivity index (χ1) is 6.42. The SMILES string of the molecule is COCCN1CCN[C@H]2CCC[C@H]21. The smallest absolute Gasteiger partial charge is 0.0589 e. The Kier molecular flexibility index (Phi) is 3.19. The molecule has 0 aromatic rings. The summed E-state index contributed by atoms with van der Waals surface area (Å²) in [4.78, 5) is 2.59. The van der Waals surface area contributed by atoms with E-state index in [1.165, 1.54) is 25.8 Å². The highest BCUT2D eigenvalue weighted by Gasteiger charge is 2.34. The lowest BCUT2D eigenvalue weighted by molar-refractivity contribution is 0.0910. The van der Waals surface area contributed by atoms with Crippen LogP contribution in [0.5, 0.6) is 0 Å². The van der Waals surface area contributed by atoms with E-state index in [1.807, 2.05) is 0 Å². The molecule has 1 saturated heterocycles. The zero-order valence-electron chi connectivity index (χ0n) is 8.46. The fourth-order valence-corrected chi connectivity index (χ4v) is 2.66. The minimum Gasteiger partial charge on any atom is -0.383 e. The molecule has 1 aliphatic heterocycles. The molecule has 3 heteroatoms. The predicted octanol–water partition coefficient (Wildman–Crippen LogP) is 0.459. The topological polar surface area (TPSA) is 24.5 Å². The molecule has 1 saturated carbocycles. The number of ether oxygens (including phenoxy) is 1. The van der Waals surface area contributed by atoms with Crippen molar-refractivity contribution in [1.82, 2.24) is 10.2 Å². The van der Waals surface area contributed by atoms with Crippen LogP contribution in [0, 0.1) is 0 Å². The number of methoxy groups -OCH3 is 1. The maximum Gasteiger partial charge on any atom is 0.0589 e. The second-order valence-electron chi connectivity index (χ2n) is 4.09. The molecule has 76 valence electrons. The van der Waals surface area contributed by atoms with Crippen LogP contribution in [0.1, 0.15) is 19.3 Å². The molecule has 2 rings (SSSR count). The molecule has 2 aliphatic rings. The van der Waals surface area contributed by atoms with Gasteiger partial charge in [-0.3, -0.25) is 4.90 Å². The normalized spacial score (nSPS) is 34.8. The Labute approximate surface area is 80.4 Å². The van der Waals surface area contributed by atoms with Crippen molar-refractivity contribution < 1.29 is 4.74 Å². The molecule has 2 atom stereocenters. The van der Waals surface area contributed by atoms with Crippen molar-refractivity contribution in [1.29, 1.82) is 0 Å². The highest BCUT2D eigenvalue weighted by molar-refractivity contribution is 4.93. The summed E-state index contributed by atoms with van der Waals surface area (Å²) in [7, 11) is 1.79. The fraction of sp³-hybridized carbons (Fsp3) is 1.00. The summed E-state index contributed by atoms with van der Waals surface area (Å²) >= 11 is 0. The lowest BCUT2D eigenvalue weighted by atomic mass is 10.1. The first-order valence-corrected chi connectivity index (χ1v) is 5.38. The van der Waals surface area contributed by atoms with Gasteiger partial charge in [-0.1, -0.05) is 6.42 Å². The Morgan fingerprint density at radius 2 is 2.38 bits per heavy atom. The third kappa shape index (κ3) is 2.03. The Hall–Kier alpha value is -0.120. The zero-order chi connectivity index (χ0) is 9.10. The minimum absolute atomic E-state index is 0.769. The Bertz CT molecular complexity index is 163.